The van der Waals surface area contributed by atoms with E-state index in [0.29, 0.717) is 11.4 Å². The summed E-state index contributed by atoms with van der Waals surface area (Å²) in [5.41, 5.74) is 0.820. The highest BCUT2D eigenvalue weighted by atomic mass is 16.6. The van der Waals surface area contributed by atoms with Crippen molar-refractivity contribution < 1.29 is 28.7 Å². The third-order valence-electron chi connectivity index (χ3n) is 4.11. The normalized spacial score (nSPS) is 13.7. The second kappa shape index (κ2) is 7.91. The predicted molar refractivity (Wildman–Crippen MR) is 99.0 cm³/mol. The van der Waals surface area contributed by atoms with Crippen molar-refractivity contribution in [3.05, 3.63) is 59.7 Å². The number of benzene rings is 2. The molecule has 0 saturated carbocycles. The molecule has 1 aliphatic heterocycles. The summed E-state index contributed by atoms with van der Waals surface area (Å²) in [6, 6.07) is 13.2. The van der Waals surface area contributed by atoms with Gasteiger partial charge in [-0.15, -0.1) is 0 Å². The highest BCUT2D eigenvalue weighted by Gasteiger charge is 2.32. The number of imide groups is 1. The fraction of sp³-hybridized carbons (Fsp3) is 0.200. The van der Waals surface area contributed by atoms with Crippen molar-refractivity contribution in [1.29, 1.82) is 0 Å². The highest BCUT2D eigenvalue weighted by Crippen LogP contribution is 2.24. The number of nitrogens with zero attached hydrogens (tertiary/aromatic N) is 1. The van der Waals surface area contributed by atoms with Crippen LogP contribution in [0.5, 0.6) is 5.75 Å². The lowest BCUT2D eigenvalue weighted by Gasteiger charge is -2.14. The van der Waals surface area contributed by atoms with Crippen LogP contribution in [-0.4, -0.2) is 48.3 Å². The number of esters is 1. The molecule has 28 heavy (non-hydrogen) atoms. The van der Waals surface area contributed by atoms with Gasteiger partial charge in [0, 0.05) is 12.7 Å². The molecular weight excluding hydrogens is 364 g/mol. The molecule has 0 radical (unpaired) electrons. The van der Waals surface area contributed by atoms with Crippen molar-refractivity contribution in [2.75, 3.05) is 19.0 Å². The number of anilines is 1. The molecule has 0 bridgehead atoms. The van der Waals surface area contributed by atoms with Crippen molar-refractivity contribution in [2.24, 2.45) is 0 Å². The molecule has 1 aliphatic rings. The van der Waals surface area contributed by atoms with Crippen molar-refractivity contribution in [3.63, 3.8) is 0 Å². The molecule has 0 aromatic heterocycles. The second-order valence-corrected chi connectivity index (χ2v) is 6.16. The molecule has 0 spiro atoms. The Hall–Kier alpha value is -3.68. The maximum absolute atomic E-state index is 12.0. The Morgan fingerprint density at radius 1 is 1.04 bits per heavy atom. The fourth-order valence-corrected chi connectivity index (χ4v) is 2.64. The molecular formula is C20H18N2O6. The fourth-order valence-electron chi connectivity index (χ4n) is 2.64. The lowest BCUT2D eigenvalue weighted by molar-refractivity contribution is -0.153. The molecule has 2 aromatic rings. The van der Waals surface area contributed by atoms with Gasteiger partial charge in [0.05, 0.1) is 11.1 Å². The van der Waals surface area contributed by atoms with E-state index in [0.717, 1.165) is 4.90 Å². The smallest absolute Gasteiger partial charge is 0.347 e. The van der Waals surface area contributed by atoms with Gasteiger partial charge in [-0.05, 0) is 37.3 Å². The van der Waals surface area contributed by atoms with E-state index in [1.165, 1.54) is 32.2 Å². The SMILES string of the molecule is CC(Oc1ccccc1)C(=O)OCC(=O)Nc1ccc2c(c1)C(=O)N(C)C2=O. The van der Waals surface area contributed by atoms with E-state index < -0.39 is 30.5 Å². The number of amides is 3. The molecule has 2 aromatic carbocycles. The van der Waals surface area contributed by atoms with E-state index in [9.17, 15) is 19.2 Å². The largest absolute Gasteiger partial charge is 0.479 e. The number of fused-ring (bicyclic) bond motifs is 1. The molecule has 8 heteroatoms. The van der Waals surface area contributed by atoms with E-state index >= 15 is 0 Å². The molecule has 0 saturated heterocycles. The molecule has 144 valence electrons. The monoisotopic (exact) mass is 382 g/mol. The van der Waals surface area contributed by atoms with Gasteiger partial charge in [-0.3, -0.25) is 19.3 Å². The van der Waals surface area contributed by atoms with E-state index in [2.05, 4.69) is 5.32 Å². The van der Waals surface area contributed by atoms with Gasteiger partial charge in [0.15, 0.2) is 12.7 Å². The average Bonchev–Trinajstić information content (AvgIpc) is 2.90. The maximum Gasteiger partial charge on any atom is 0.347 e. The van der Waals surface area contributed by atoms with Crippen LogP contribution in [0.1, 0.15) is 27.6 Å². The quantitative estimate of drug-likeness (QED) is 0.604. The molecule has 0 aliphatic carbocycles. The van der Waals surface area contributed by atoms with Crippen LogP contribution in [-0.2, 0) is 14.3 Å². The van der Waals surface area contributed by atoms with E-state index in [4.69, 9.17) is 9.47 Å². The van der Waals surface area contributed by atoms with Crippen LogP contribution in [0.15, 0.2) is 48.5 Å². The van der Waals surface area contributed by atoms with Gasteiger partial charge in [-0.1, -0.05) is 18.2 Å². The van der Waals surface area contributed by atoms with Crippen LogP contribution in [0.2, 0.25) is 0 Å². The van der Waals surface area contributed by atoms with E-state index in [1.807, 2.05) is 6.07 Å². The summed E-state index contributed by atoms with van der Waals surface area (Å²) in [6.07, 6.45) is -0.880. The number of carbonyl (C=O) groups is 4. The van der Waals surface area contributed by atoms with Crippen LogP contribution in [0.3, 0.4) is 0 Å². The van der Waals surface area contributed by atoms with Crippen LogP contribution in [0, 0.1) is 0 Å². The number of ether oxygens (including phenoxy) is 2. The van der Waals surface area contributed by atoms with Crippen molar-refractivity contribution in [2.45, 2.75) is 13.0 Å². The Morgan fingerprint density at radius 3 is 2.43 bits per heavy atom. The summed E-state index contributed by atoms with van der Waals surface area (Å²) < 4.78 is 10.4. The van der Waals surface area contributed by atoms with Gasteiger partial charge >= 0.3 is 5.97 Å². The zero-order valence-corrected chi connectivity index (χ0v) is 15.3. The topological polar surface area (TPSA) is 102 Å². The molecule has 8 nitrogen and oxygen atoms in total. The first-order valence-electron chi connectivity index (χ1n) is 8.51. The minimum Gasteiger partial charge on any atom is -0.479 e. The molecule has 3 amide bonds. The number of rotatable bonds is 6. The van der Waals surface area contributed by atoms with Crippen molar-refractivity contribution >= 4 is 29.4 Å². The minimum absolute atomic E-state index is 0.215. The molecule has 1 N–H and O–H groups in total. The van der Waals surface area contributed by atoms with Crippen LogP contribution < -0.4 is 10.1 Å². The summed E-state index contributed by atoms with van der Waals surface area (Å²) in [6.45, 7) is 1.01. The molecule has 0 fully saturated rings. The predicted octanol–water partition coefficient (Wildman–Crippen LogP) is 1.86. The third kappa shape index (κ3) is 4.01. The van der Waals surface area contributed by atoms with Gasteiger partial charge in [-0.25, -0.2) is 4.79 Å². The Labute approximate surface area is 161 Å². The molecule has 1 unspecified atom stereocenters. The first kappa shape index (κ1) is 19.1. The maximum atomic E-state index is 12.0. The summed E-state index contributed by atoms with van der Waals surface area (Å²) in [4.78, 5) is 48.8. The zero-order valence-electron chi connectivity index (χ0n) is 15.3. The summed E-state index contributed by atoms with van der Waals surface area (Å²) in [7, 11) is 1.39. The average molecular weight is 382 g/mol. The van der Waals surface area contributed by atoms with Gasteiger partial charge < -0.3 is 14.8 Å². The number of nitrogens with one attached hydrogen (secondary N) is 1. The number of hydrogen-bond donors (Lipinski definition) is 1. The van der Waals surface area contributed by atoms with Crippen molar-refractivity contribution in [1.82, 2.24) is 4.90 Å². The minimum atomic E-state index is -0.880. The van der Waals surface area contributed by atoms with Crippen LogP contribution >= 0.6 is 0 Å². The Balaban J connectivity index is 1.53. The third-order valence-corrected chi connectivity index (χ3v) is 4.11. The lowest BCUT2D eigenvalue weighted by Crippen LogP contribution is -2.29. The first-order chi connectivity index (χ1) is 13.4. The Bertz CT molecular complexity index is 941. The van der Waals surface area contributed by atoms with Crippen LogP contribution in [0.4, 0.5) is 5.69 Å². The van der Waals surface area contributed by atoms with Crippen molar-refractivity contribution in [3.8, 4) is 5.75 Å². The Kier molecular flexibility index (Phi) is 5.39. The summed E-state index contributed by atoms with van der Waals surface area (Å²) >= 11 is 0. The van der Waals surface area contributed by atoms with Gasteiger partial charge in [0.25, 0.3) is 17.7 Å². The first-order valence-corrected chi connectivity index (χ1v) is 8.51. The number of carbonyl (C=O) groups excluding carboxylic acids is 4. The molecule has 1 heterocycles. The number of hydrogen-bond acceptors (Lipinski definition) is 6. The van der Waals surface area contributed by atoms with E-state index in [-0.39, 0.29) is 17.0 Å². The lowest BCUT2D eigenvalue weighted by atomic mass is 10.1. The number of para-hydroxylation sites is 1. The molecule has 1 atom stereocenters. The zero-order chi connectivity index (χ0) is 20.3. The standard InChI is InChI=1S/C20H18N2O6/c1-12(28-14-6-4-3-5-7-14)20(26)27-11-17(23)21-13-8-9-15-16(10-13)19(25)22(2)18(15)24/h3-10,12H,11H2,1-2H3,(H,21,23). The second-order valence-electron chi connectivity index (χ2n) is 6.16. The van der Waals surface area contributed by atoms with Crippen LogP contribution in [0.25, 0.3) is 0 Å². The van der Waals surface area contributed by atoms with Gasteiger partial charge in [0.1, 0.15) is 5.75 Å². The Morgan fingerprint density at radius 2 is 1.71 bits per heavy atom. The summed E-state index contributed by atoms with van der Waals surface area (Å²) in [5, 5.41) is 2.53. The van der Waals surface area contributed by atoms with Gasteiger partial charge in [0.2, 0.25) is 0 Å². The highest BCUT2D eigenvalue weighted by molar-refractivity contribution is 6.21. The van der Waals surface area contributed by atoms with E-state index in [1.54, 1.807) is 24.3 Å². The summed E-state index contributed by atoms with van der Waals surface area (Å²) in [5.74, 6) is -1.58. The van der Waals surface area contributed by atoms with Gasteiger partial charge in [-0.2, -0.15) is 0 Å². The molecule has 3 rings (SSSR count).